The van der Waals surface area contributed by atoms with Crippen LogP contribution in [0.25, 0.3) is 0 Å². The van der Waals surface area contributed by atoms with E-state index in [4.69, 9.17) is 10.2 Å². The van der Waals surface area contributed by atoms with Crippen molar-refractivity contribution in [2.75, 3.05) is 0 Å². The summed E-state index contributed by atoms with van der Waals surface area (Å²) in [7, 11) is 0. The maximum atomic E-state index is 9.11. The first-order chi connectivity index (χ1) is 7.24. The summed E-state index contributed by atoms with van der Waals surface area (Å²) in [6.45, 7) is 0. The van der Waals surface area contributed by atoms with E-state index in [0.29, 0.717) is 17.8 Å². The predicted octanol–water partition coefficient (Wildman–Crippen LogP) is 0.269. The normalized spacial score (nSPS) is 10.1. The van der Waals surface area contributed by atoms with E-state index >= 15 is 0 Å². The summed E-state index contributed by atoms with van der Waals surface area (Å²) in [4.78, 5) is 7.52. The Morgan fingerprint density at radius 1 is 0.933 bits per heavy atom. The second-order valence-electron chi connectivity index (χ2n) is 2.93. The summed E-state index contributed by atoms with van der Waals surface area (Å²) in [5.74, 6) is -0.198. The van der Waals surface area contributed by atoms with Crippen molar-refractivity contribution in [2.45, 2.75) is 6.42 Å². The van der Waals surface area contributed by atoms with Gasteiger partial charge in [0.2, 0.25) is 11.8 Å². The van der Waals surface area contributed by atoms with Crippen LogP contribution in [0.3, 0.4) is 0 Å². The standard InChI is InChI=1S/C9H8N4O2/c14-8-2-1-6(12-13-8)3-7-4-9(15)11-5-10-7/h1-2,4-5H,3H2,(H,13,14)(H,10,11,15). The highest BCUT2D eigenvalue weighted by Crippen LogP contribution is 2.09. The number of rotatable bonds is 2. The van der Waals surface area contributed by atoms with Crippen LogP contribution in [0, 0.1) is 0 Å². The summed E-state index contributed by atoms with van der Waals surface area (Å²) in [6, 6.07) is 4.54. The molecule has 0 aliphatic carbocycles. The summed E-state index contributed by atoms with van der Waals surface area (Å²) >= 11 is 0. The molecular weight excluding hydrogens is 196 g/mol. The van der Waals surface area contributed by atoms with Gasteiger partial charge in [-0.05, 0) is 6.07 Å². The smallest absolute Gasteiger partial charge is 0.230 e. The van der Waals surface area contributed by atoms with Crippen LogP contribution in [0.1, 0.15) is 11.4 Å². The van der Waals surface area contributed by atoms with Gasteiger partial charge in [0.1, 0.15) is 6.33 Å². The van der Waals surface area contributed by atoms with Crippen molar-refractivity contribution in [3.63, 3.8) is 0 Å². The minimum Gasteiger partial charge on any atom is -0.493 e. The Hall–Kier alpha value is -2.24. The summed E-state index contributed by atoms with van der Waals surface area (Å²) in [6.07, 6.45) is 1.71. The molecule has 0 bridgehead atoms. The van der Waals surface area contributed by atoms with Gasteiger partial charge in [-0.1, -0.05) is 0 Å². The molecule has 15 heavy (non-hydrogen) atoms. The molecule has 2 aromatic heterocycles. The van der Waals surface area contributed by atoms with Crippen molar-refractivity contribution in [3.8, 4) is 11.8 Å². The van der Waals surface area contributed by atoms with E-state index in [-0.39, 0.29) is 11.8 Å². The Morgan fingerprint density at radius 2 is 1.80 bits per heavy atom. The van der Waals surface area contributed by atoms with Crippen LogP contribution in [0.4, 0.5) is 0 Å². The van der Waals surface area contributed by atoms with Gasteiger partial charge < -0.3 is 10.2 Å². The molecular formula is C9H8N4O2. The molecule has 2 heterocycles. The van der Waals surface area contributed by atoms with Gasteiger partial charge in [-0.25, -0.2) is 9.97 Å². The van der Waals surface area contributed by atoms with E-state index in [2.05, 4.69) is 20.2 Å². The summed E-state index contributed by atoms with van der Waals surface area (Å²) < 4.78 is 0. The predicted molar refractivity (Wildman–Crippen MR) is 50.2 cm³/mol. The number of aromatic nitrogens is 4. The van der Waals surface area contributed by atoms with Gasteiger partial charge in [0, 0.05) is 18.6 Å². The summed E-state index contributed by atoms with van der Waals surface area (Å²) in [5.41, 5.74) is 1.30. The Kier molecular flexibility index (Phi) is 2.40. The highest BCUT2D eigenvalue weighted by molar-refractivity contribution is 5.19. The van der Waals surface area contributed by atoms with Crippen molar-refractivity contribution in [1.82, 2.24) is 20.2 Å². The fourth-order valence-corrected chi connectivity index (χ4v) is 1.12. The molecule has 2 rings (SSSR count). The average molecular weight is 204 g/mol. The Bertz CT molecular complexity index is 458. The third-order valence-corrected chi connectivity index (χ3v) is 1.78. The molecule has 0 aliphatic rings. The monoisotopic (exact) mass is 204 g/mol. The van der Waals surface area contributed by atoms with Gasteiger partial charge in [-0.2, -0.15) is 5.10 Å². The molecule has 0 amide bonds. The minimum atomic E-state index is -0.121. The van der Waals surface area contributed by atoms with Gasteiger partial charge in [0.05, 0.1) is 11.4 Å². The minimum absolute atomic E-state index is 0.0771. The van der Waals surface area contributed by atoms with Gasteiger partial charge in [0.25, 0.3) is 0 Å². The van der Waals surface area contributed by atoms with Crippen LogP contribution in [-0.4, -0.2) is 30.4 Å². The largest absolute Gasteiger partial charge is 0.493 e. The van der Waals surface area contributed by atoms with Gasteiger partial charge >= 0.3 is 0 Å². The molecule has 2 aromatic rings. The molecule has 0 aliphatic heterocycles. The van der Waals surface area contributed by atoms with Crippen LogP contribution in [0.2, 0.25) is 0 Å². The molecule has 2 N–H and O–H groups in total. The maximum absolute atomic E-state index is 9.11. The SMILES string of the molecule is Oc1cc(Cc2ccc(O)nn2)ncn1. The highest BCUT2D eigenvalue weighted by atomic mass is 16.3. The molecule has 0 unspecified atom stereocenters. The third kappa shape index (κ3) is 2.37. The lowest BCUT2D eigenvalue weighted by Crippen LogP contribution is -1.96. The van der Waals surface area contributed by atoms with Crippen LogP contribution >= 0.6 is 0 Å². The average Bonchev–Trinajstić information content (AvgIpc) is 2.22. The topological polar surface area (TPSA) is 92.0 Å². The first-order valence-corrected chi connectivity index (χ1v) is 4.25. The Balaban J connectivity index is 2.18. The lowest BCUT2D eigenvalue weighted by molar-refractivity contribution is 0.443. The lowest BCUT2D eigenvalue weighted by atomic mass is 10.2. The third-order valence-electron chi connectivity index (χ3n) is 1.78. The quantitative estimate of drug-likeness (QED) is 0.729. The molecule has 76 valence electrons. The molecule has 0 aromatic carbocycles. The Labute approximate surface area is 85.3 Å². The number of aromatic hydroxyl groups is 2. The second-order valence-corrected chi connectivity index (χ2v) is 2.93. The van der Waals surface area contributed by atoms with E-state index in [1.54, 1.807) is 6.07 Å². The Morgan fingerprint density at radius 3 is 2.47 bits per heavy atom. The fraction of sp³-hybridized carbons (Fsp3) is 0.111. The van der Waals surface area contributed by atoms with E-state index in [1.165, 1.54) is 18.5 Å². The van der Waals surface area contributed by atoms with E-state index in [9.17, 15) is 0 Å². The zero-order valence-electron chi connectivity index (χ0n) is 7.70. The van der Waals surface area contributed by atoms with Crippen LogP contribution in [-0.2, 0) is 6.42 Å². The van der Waals surface area contributed by atoms with Gasteiger partial charge in [-0.15, -0.1) is 5.10 Å². The zero-order chi connectivity index (χ0) is 10.7. The lowest BCUT2D eigenvalue weighted by Gasteiger charge is -1.99. The van der Waals surface area contributed by atoms with Crippen molar-refractivity contribution in [1.29, 1.82) is 0 Å². The number of hydrogen-bond donors (Lipinski definition) is 2. The molecule has 0 spiro atoms. The molecule has 0 radical (unpaired) electrons. The highest BCUT2D eigenvalue weighted by Gasteiger charge is 2.01. The summed E-state index contributed by atoms with van der Waals surface area (Å²) in [5, 5.41) is 25.3. The molecule has 0 atom stereocenters. The van der Waals surface area contributed by atoms with Crippen LogP contribution in [0.5, 0.6) is 11.8 Å². The number of hydrogen-bond acceptors (Lipinski definition) is 6. The van der Waals surface area contributed by atoms with Crippen LogP contribution < -0.4 is 0 Å². The first-order valence-electron chi connectivity index (χ1n) is 4.25. The zero-order valence-corrected chi connectivity index (χ0v) is 7.70. The van der Waals surface area contributed by atoms with Crippen molar-refractivity contribution < 1.29 is 10.2 Å². The van der Waals surface area contributed by atoms with E-state index in [1.807, 2.05) is 0 Å². The maximum Gasteiger partial charge on any atom is 0.230 e. The fourth-order valence-electron chi connectivity index (χ4n) is 1.12. The molecule has 0 saturated heterocycles. The molecule has 6 nitrogen and oxygen atoms in total. The van der Waals surface area contributed by atoms with Crippen LogP contribution in [0.15, 0.2) is 24.5 Å². The number of nitrogens with zero attached hydrogens (tertiary/aromatic N) is 4. The van der Waals surface area contributed by atoms with Crippen molar-refractivity contribution in [3.05, 3.63) is 35.9 Å². The molecule has 6 heteroatoms. The molecule has 0 fully saturated rings. The van der Waals surface area contributed by atoms with Gasteiger partial charge in [0.15, 0.2) is 0 Å². The first kappa shape index (κ1) is 9.32. The van der Waals surface area contributed by atoms with Crippen molar-refractivity contribution >= 4 is 0 Å². The van der Waals surface area contributed by atoms with E-state index in [0.717, 1.165) is 0 Å². The van der Waals surface area contributed by atoms with E-state index < -0.39 is 0 Å². The molecule has 0 saturated carbocycles. The van der Waals surface area contributed by atoms with Crippen molar-refractivity contribution in [2.24, 2.45) is 0 Å². The second kappa shape index (κ2) is 3.87. The van der Waals surface area contributed by atoms with Gasteiger partial charge in [-0.3, -0.25) is 0 Å².